The van der Waals surface area contributed by atoms with Crippen molar-refractivity contribution in [1.29, 1.82) is 0 Å². The van der Waals surface area contributed by atoms with Crippen molar-refractivity contribution in [3.8, 4) is 0 Å². The van der Waals surface area contributed by atoms with Gasteiger partial charge in [0.1, 0.15) is 10.6 Å². The molecule has 6 heteroatoms. The SMILES string of the molecule is CCC(C)Nc1sc(C(C)=O)c(N)c1C(=O)OC. The van der Waals surface area contributed by atoms with Crippen LogP contribution in [0.5, 0.6) is 0 Å². The van der Waals surface area contributed by atoms with E-state index in [0.29, 0.717) is 9.88 Å². The van der Waals surface area contributed by atoms with E-state index in [-0.39, 0.29) is 23.1 Å². The second-order valence-electron chi connectivity index (χ2n) is 4.05. The minimum atomic E-state index is -0.526. The molecule has 1 unspecified atom stereocenters. The van der Waals surface area contributed by atoms with Crippen LogP contribution in [0.2, 0.25) is 0 Å². The van der Waals surface area contributed by atoms with Gasteiger partial charge in [-0.3, -0.25) is 4.79 Å². The predicted molar refractivity (Wildman–Crippen MR) is 73.5 cm³/mol. The van der Waals surface area contributed by atoms with Crippen molar-refractivity contribution in [1.82, 2.24) is 0 Å². The summed E-state index contributed by atoms with van der Waals surface area (Å²) in [5.41, 5.74) is 6.30. The third-order valence-corrected chi connectivity index (χ3v) is 3.88. The lowest BCUT2D eigenvalue weighted by Gasteiger charge is -2.12. The molecule has 18 heavy (non-hydrogen) atoms. The summed E-state index contributed by atoms with van der Waals surface area (Å²) in [4.78, 5) is 23.6. The molecule has 0 bridgehead atoms. The summed E-state index contributed by atoms with van der Waals surface area (Å²) in [5.74, 6) is -0.679. The number of thiophene rings is 1. The number of rotatable bonds is 5. The molecule has 0 spiro atoms. The number of carbonyl (C=O) groups is 2. The molecule has 0 aromatic carbocycles. The zero-order chi connectivity index (χ0) is 13.9. The standard InChI is InChI=1S/C12H18N2O3S/c1-5-6(2)14-11-8(12(16)17-4)9(13)10(18-11)7(3)15/h6,14H,5,13H2,1-4H3. The molecule has 0 aliphatic rings. The highest BCUT2D eigenvalue weighted by molar-refractivity contribution is 7.19. The van der Waals surface area contributed by atoms with Crippen LogP contribution >= 0.6 is 11.3 Å². The van der Waals surface area contributed by atoms with Gasteiger partial charge in [0.25, 0.3) is 0 Å². The molecular formula is C12H18N2O3S. The van der Waals surface area contributed by atoms with Crippen LogP contribution in [0.1, 0.15) is 47.2 Å². The van der Waals surface area contributed by atoms with Crippen molar-refractivity contribution in [2.75, 3.05) is 18.2 Å². The number of methoxy groups -OCH3 is 1. The van der Waals surface area contributed by atoms with Gasteiger partial charge in [0, 0.05) is 13.0 Å². The number of nitrogens with one attached hydrogen (secondary N) is 1. The highest BCUT2D eigenvalue weighted by Crippen LogP contribution is 2.37. The fourth-order valence-electron chi connectivity index (χ4n) is 1.44. The van der Waals surface area contributed by atoms with Crippen molar-refractivity contribution >= 4 is 33.8 Å². The second kappa shape index (κ2) is 5.86. The first-order valence-corrected chi connectivity index (χ1v) is 6.52. The Labute approximate surface area is 110 Å². The monoisotopic (exact) mass is 270 g/mol. The van der Waals surface area contributed by atoms with Crippen molar-refractivity contribution in [3.05, 3.63) is 10.4 Å². The van der Waals surface area contributed by atoms with E-state index in [1.165, 1.54) is 25.4 Å². The van der Waals surface area contributed by atoms with E-state index in [1.54, 1.807) is 0 Å². The first-order chi connectivity index (χ1) is 8.42. The number of nitrogen functional groups attached to an aromatic ring is 1. The van der Waals surface area contributed by atoms with Gasteiger partial charge in [-0.15, -0.1) is 11.3 Å². The smallest absolute Gasteiger partial charge is 0.343 e. The summed E-state index contributed by atoms with van der Waals surface area (Å²) in [6.45, 7) is 5.44. The molecule has 100 valence electrons. The Morgan fingerprint density at radius 3 is 2.56 bits per heavy atom. The van der Waals surface area contributed by atoms with Crippen LogP contribution < -0.4 is 11.1 Å². The summed E-state index contributed by atoms with van der Waals surface area (Å²) >= 11 is 1.20. The van der Waals surface area contributed by atoms with Crippen molar-refractivity contribution in [3.63, 3.8) is 0 Å². The number of ether oxygens (including phenoxy) is 1. The second-order valence-corrected chi connectivity index (χ2v) is 5.07. The molecule has 5 nitrogen and oxygen atoms in total. The Hall–Kier alpha value is -1.56. The summed E-state index contributed by atoms with van der Waals surface area (Å²) in [6.07, 6.45) is 0.897. The highest BCUT2D eigenvalue weighted by atomic mass is 32.1. The van der Waals surface area contributed by atoms with Crippen LogP contribution in [-0.4, -0.2) is 24.9 Å². The van der Waals surface area contributed by atoms with E-state index in [2.05, 4.69) is 5.32 Å². The lowest BCUT2D eigenvalue weighted by molar-refractivity contribution is 0.0603. The van der Waals surface area contributed by atoms with Crippen LogP contribution in [-0.2, 0) is 4.74 Å². The molecule has 1 heterocycles. The quantitative estimate of drug-likeness (QED) is 0.634. The van der Waals surface area contributed by atoms with E-state index in [9.17, 15) is 9.59 Å². The lowest BCUT2D eigenvalue weighted by Crippen LogP contribution is -2.15. The van der Waals surface area contributed by atoms with Crippen LogP contribution in [0.25, 0.3) is 0 Å². The van der Waals surface area contributed by atoms with Crippen molar-refractivity contribution in [2.45, 2.75) is 33.2 Å². The minimum Gasteiger partial charge on any atom is -0.465 e. The predicted octanol–water partition coefficient (Wildman–Crippen LogP) is 2.53. The average molecular weight is 270 g/mol. The fraction of sp³-hybridized carbons (Fsp3) is 0.500. The summed E-state index contributed by atoms with van der Waals surface area (Å²) < 4.78 is 4.70. The molecule has 0 saturated carbocycles. The number of nitrogens with two attached hydrogens (primary N) is 1. The molecule has 0 radical (unpaired) electrons. The Morgan fingerprint density at radius 1 is 1.50 bits per heavy atom. The first kappa shape index (κ1) is 14.5. The van der Waals surface area contributed by atoms with Gasteiger partial charge in [0.05, 0.1) is 17.7 Å². The number of anilines is 2. The molecule has 0 saturated heterocycles. The summed E-state index contributed by atoms with van der Waals surface area (Å²) in [7, 11) is 1.29. The summed E-state index contributed by atoms with van der Waals surface area (Å²) in [5, 5.41) is 3.77. The van der Waals surface area contributed by atoms with Crippen molar-refractivity contribution in [2.24, 2.45) is 0 Å². The van der Waals surface area contributed by atoms with Gasteiger partial charge in [-0.2, -0.15) is 0 Å². The molecule has 1 rings (SSSR count). The molecule has 0 fully saturated rings. The maximum absolute atomic E-state index is 11.7. The van der Waals surface area contributed by atoms with Crippen LogP contribution in [0, 0.1) is 0 Å². The number of hydrogen-bond acceptors (Lipinski definition) is 6. The van der Waals surface area contributed by atoms with Crippen molar-refractivity contribution < 1.29 is 14.3 Å². The Morgan fingerprint density at radius 2 is 2.11 bits per heavy atom. The van der Waals surface area contributed by atoms with Crippen LogP contribution in [0.3, 0.4) is 0 Å². The molecule has 1 aromatic rings. The third kappa shape index (κ3) is 2.81. The van der Waals surface area contributed by atoms with Gasteiger partial charge in [-0.05, 0) is 13.3 Å². The lowest BCUT2D eigenvalue weighted by atomic mass is 10.2. The maximum atomic E-state index is 11.7. The number of Topliss-reactive ketones (excluding diaryl/α,β-unsaturated/α-hetero) is 1. The zero-order valence-electron chi connectivity index (χ0n) is 11.0. The molecule has 3 N–H and O–H groups in total. The molecule has 1 atom stereocenters. The largest absolute Gasteiger partial charge is 0.465 e. The van der Waals surface area contributed by atoms with Gasteiger partial charge < -0.3 is 15.8 Å². The summed E-state index contributed by atoms with van der Waals surface area (Å²) in [6, 6.07) is 0.186. The van der Waals surface area contributed by atoms with Gasteiger partial charge >= 0.3 is 5.97 Å². The van der Waals surface area contributed by atoms with Gasteiger partial charge in [0.15, 0.2) is 5.78 Å². The maximum Gasteiger partial charge on any atom is 0.343 e. The van der Waals surface area contributed by atoms with E-state index in [4.69, 9.17) is 10.5 Å². The topological polar surface area (TPSA) is 81.4 Å². The van der Waals surface area contributed by atoms with E-state index in [1.807, 2.05) is 13.8 Å². The highest BCUT2D eigenvalue weighted by Gasteiger charge is 2.25. The van der Waals surface area contributed by atoms with Gasteiger partial charge in [-0.1, -0.05) is 6.92 Å². The first-order valence-electron chi connectivity index (χ1n) is 5.70. The average Bonchev–Trinajstić information content (AvgIpc) is 2.65. The Kier molecular flexibility index (Phi) is 4.72. The van der Waals surface area contributed by atoms with Gasteiger partial charge in [0.2, 0.25) is 0 Å². The fourth-order valence-corrected chi connectivity index (χ4v) is 2.55. The molecule has 0 aliphatic heterocycles. The normalized spacial score (nSPS) is 12.0. The molecule has 0 amide bonds. The molecule has 1 aromatic heterocycles. The molecular weight excluding hydrogens is 252 g/mol. The number of esters is 1. The van der Waals surface area contributed by atoms with Crippen LogP contribution in [0.4, 0.5) is 10.7 Å². The Bertz CT molecular complexity index is 468. The third-order valence-electron chi connectivity index (χ3n) is 2.64. The number of hydrogen-bond donors (Lipinski definition) is 2. The molecule has 0 aliphatic carbocycles. The van der Waals surface area contributed by atoms with E-state index in [0.717, 1.165) is 6.42 Å². The van der Waals surface area contributed by atoms with E-state index >= 15 is 0 Å². The Balaban J connectivity index is 3.26. The van der Waals surface area contributed by atoms with Crippen LogP contribution in [0.15, 0.2) is 0 Å². The number of carbonyl (C=O) groups excluding carboxylic acids is 2. The van der Waals surface area contributed by atoms with Gasteiger partial charge in [-0.25, -0.2) is 4.79 Å². The zero-order valence-corrected chi connectivity index (χ0v) is 11.8. The minimum absolute atomic E-state index is 0.153. The van der Waals surface area contributed by atoms with E-state index < -0.39 is 5.97 Å². The number of ketones is 1.